The van der Waals surface area contributed by atoms with E-state index in [0.29, 0.717) is 38.9 Å². The zero-order chi connectivity index (χ0) is 44.5. The molecule has 2 aromatic heterocycles. The number of hydrazine groups is 1. The van der Waals surface area contributed by atoms with E-state index < -0.39 is 35.7 Å². The van der Waals surface area contributed by atoms with E-state index in [1.165, 1.54) is 29.1 Å². The molecule has 5 heterocycles. The number of hydrogen-bond donors (Lipinski definition) is 4. The maximum absolute atomic E-state index is 14.0. The Morgan fingerprint density at radius 1 is 1.00 bits per heavy atom. The van der Waals surface area contributed by atoms with E-state index >= 15 is 0 Å². The van der Waals surface area contributed by atoms with Gasteiger partial charge in [-0.05, 0) is 112 Å². The predicted molar refractivity (Wildman–Crippen MR) is 244 cm³/mol. The summed E-state index contributed by atoms with van der Waals surface area (Å²) >= 11 is 0. The van der Waals surface area contributed by atoms with Crippen LogP contribution in [0.25, 0.3) is 27.7 Å². The van der Waals surface area contributed by atoms with E-state index in [0.717, 1.165) is 84.2 Å². The fraction of sp³-hybridized carbons (Fsp3) is 0.625. The van der Waals surface area contributed by atoms with Crippen molar-refractivity contribution in [3.05, 3.63) is 53.4 Å². The number of benzene rings is 1. The number of nitrogens with one attached hydrogen (secondary N) is 2. The molecule has 14 nitrogen and oxygen atoms in total. The third-order valence-electron chi connectivity index (χ3n) is 12.8. The predicted octanol–water partition coefficient (Wildman–Crippen LogP) is 6.25. The average molecular weight is 855 g/mol. The molecule has 0 spiro atoms. The van der Waals surface area contributed by atoms with Crippen molar-refractivity contribution in [1.29, 1.82) is 0 Å². The molecule has 3 aliphatic heterocycles. The van der Waals surface area contributed by atoms with E-state index in [1.54, 1.807) is 20.8 Å². The fourth-order valence-corrected chi connectivity index (χ4v) is 9.42. The highest BCUT2D eigenvalue weighted by Gasteiger charge is 2.36. The van der Waals surface area contributed by atoms with E-state index in [2.05, 4.69) is 101 Å². The van der Waals surface area contributed by atoms with E-state index in [9.17, 15) is 24.6 Å². The number of pyridine rings is 1. The van der Waals surface area contributed by atoms with Crippen molar-refractivity contribution >= 4 is 40.1 Å². The van der Waals surface area contributed by atoms with Gasteiger partial charge in [0.25, 0.3) is 5.91 Å². The van der Waals surface area contributed by atoms with Gasteiger partial charge in [-0.3, -0.25) is 29.4 Å². The van der Waals surface area contributed by atoms with Gasteiger partial charge in [0.15, 0.2) is 0 Å². The second-order valence-electron chi connectivity index (χ2n) is 19.9. The van der Waals surface area contributed by atoms with Crippen LogP contribution in [0.4, 0.5) is 10.5 Å². The van der Waals surface area contributed by atoms with Crippen LogP contribution in [-0.2, 0) is 27.3 Å². The molecule has 0 radical (unpaired) electrons. The van der Waals surface area contributed by atoms with Crippen molar-refractivity contribution in [2.45, 2.75) is 130 Å². The van der Waals surface area contributed by atoms with E-state index in [1.807, 2.05) is 0 Å². The molecule has 3 fully saturated rings. The number of anilines is 1. The Kier molecular flexibility index (Phi) is 13.7. The van der Waals surface area contributed by atoms with Gasteiger partial charge in [0.1, 0.15) is 17.7 Å². The van der Waals surface area contributed by atoms with Gasteiger partial charge in [0.2, 0.25) is 0 Å². The number of rotatable bonds is 14. The highest BCUT2D eigenvalue weighted by molar-refractivity contribution is 5.95. The van der Waals surface area contributed by atoms with Crippen molar-refractivity contribution < 1.29 is 29.3 Å². The van der Waals surface area contributed by atoms with Gasteiger partial charge in [-0.15, -0.1) is 0 Å². The Morgan fingerprint density at radius 2 is 1.74 bits per heavy atom. The van der Waals surface area contributed by atoms with Gasteiger partial charge in [-0.25, -0.2) is 10.2 Å². The standard InChI is InChI=1S/C48H70N8O6/c1-9-55-41-17-14-32(33-12-10-18-52(28-33)29-40(50-46(61)62-47(4,5)6)44(58)56-19-11-13-39(51-56)45(59)60)24-36(41)38(26-48(7,8)30-57)43(55)37-25-35(27-49-42(37)31(2)3)54-22-20-53(21-23-54)34-15-16-34/h12,14,17,24-25,27,31,34,39-40,51,57H,9-11,13,15-16,18-23,26,28-30H2,1-8H3,(H,50,61)(H,59,60)/t39-,40-/m0/s1. The van der Waals surface area contributed by atoms with Crippen LogP contribution in [0.1, 0.15) is 110 Å². The summed E-state index contributed by atoms with van der Waals surface area (Å²) in [6.07, 6.45) is 8.65. The minimum Gasteiger partial charge on any atom is -0.480 e. The Labute approximate surface area is 367 Å². The number of nitrogens with zero attached hydrogens (tertiary/aromatic N) is 6. The Bertz CT molecular complexity index is 2140. The quantitative estimate of drug-likeness (QED) is 0.145. The lowest BCUT2D eigenvalue weighted by Gasteiger charge is -2.36. The molecule has 4 N–H and O–H groups in total. The molecule has 338 valence electrons. The van der Waals surface area contributed by atoms with Gasteiger partial charge in [-0.1, -0.05) is 39.8 Å². The van der Waals surface area contributed by atoms with Crippen LogP contribution in [0.15, 0.2) is 36.5 Å². The highest BCUT2D eigenvalue weighted by atomic mass is 16.6. The minimum absolute atomic E-state index is 0.0484. The molecule has 2 saturated heterocycles. The maximum atomic E-state index is 14.0. The number of fused-ring (bicyclic) bond motifs is 1. The number of aromatic nitrogens is 2. The molecule has 4 aliphatic rings. The smallest absolute Gasteiger partial charge is 0.408 e. The average Bonchev–Trinajstić information content (AvgIpc) is 4.05. The number of carboxylic acids is 1. The summed E-state index contributed by atoms with van der Waals surface area (Å²) in [4.78, 5) is 51.5. The number of aliphatic hydroxyl groups is 1. The van der Waals surface area contributed by atoms with Crippen molar-refractivity contribution in [2.24, 2.45) is 5.41 Å². The molecule has 2 amide bonds. The summed E-state index contributed by atoms with van der Waals surface area (Å²) in [5.74, 6) is -1.22. The largest absolute Gasteiger partial charge is 0.480 e. The van der Waals surface area contributed by atoms with Crippen LogP contribution in [0, 0.1) is 5.41 Å². The lowest BCUT2D eigenvalue weighted by atomic mass is 9.84. The summed E-state index contributed by atoms with van der Waals surface area (Å²) in [7, 11) is 0. The maximum Gasteiger partial charge on any atom is 0.408 e. The van der Waals surface area contributed by atoms with E-state index in [4.69, 9.17) is 9.72 Å². The zero-order valence-corrected chi connectivity index (χ0v) is 38.3. The van der Waals surface area contributed by atoms with Crippen LogP contribution in [0.5, 0.6) is 0 Å². The molecule has 0 bridgehead atoms. The summed E-state index contributed by atoms with van der Waals surface area (Å²) < 4.78 is 8.01. The first-order chi connectivity index (χ1) is 29.4. The van der Waals surface area contributed by atoms with Crippen LogP contribution < -0.4 is 15.6 Å². The summed E-state index contributed by atoms with van der Waals surface area (Å²) in [6, 6.07) is 8.01. The minimum atomic E-state index is -1.02. The molecule has 1 aliphatic carbocycles. The van der Waals surface area contributed by atoms with Gasteiger partial charge in [0, 0.05) is 88.0 Å². The topological polar surface area (TPSA) is 156 Å². The zero-order valence-electron chi connectivity index (χ0n) is 38.3. The Balaban J connectivity index is 1.21. The number of aliphatic carboxylic acids is 1. The van der Waals surface area contributed by atoms with Crippen molar-refractivity contribution in [2.75, 3.05) is 63.9 Å². The first kappa shape index (κ1) is 45.5. The van der Waals surface area contributed by atoms with Crippen LogP contribution >= 0.6 is 0 Å². The first-order valence-corrected chi connectivity index (χ1v) is 22.9. The van der Waals surface area contributed by atoms with E-state index in [-0.39, 0.29) is 24.5 Å². The molecule has 1 aromatic carbocycles. The first-order valence-electron chi connectivity index (χ1n) is 22.9. The number of carboxylic acid groups (broad SMARTS) is 1. The number of amides is 2. The summed E-state index contributed by atoms with van der Waals surface area (Å²) in [5.41, 5.74) is 10.8. The number of carbonyl (C=O) groups is 3. The molecular weight excluding hydrogens is 785 g/mol. The Morgan fingerprint density at radius 3 is 2.39 bits per heavy atom. The van der Waals surface area contributed by atoms with Crippen molar-refractivity contribution in [1.82, 2.24) is 35.1 Å². The molecular formula is C48H70N8O6. The van der Waals surface area contributed by atoms with Crippen molar-refractivity contribution in [3.63, 3.8) is 0 Å². The number of hydrogen-bond acceptors (Lipinski definition) is 10. The molecule has 1 saturated carbocycles. The number of ether oxygens (including phenoxy) is 1. The van der Waals surface area contributed by atoms with Crippen LogP contribution in [0.2, 0.25) is 0 Å². The fourth-order valence-electron chi connectivity index (χ4n) is 9.42. The number of aliphatic hydroxyl groups excluding tert-OH is 1. The van der Waals surface area contributed by atoms with Gasteiger partial charge in [-0.2, -0.15) is 0 Å². The summed E-state index contributed by atoms with van der Waals surface area (Å²) in [6.45, 7) is 22.9. The highest BCUT2D eigenvalue weighted by Crippen LogP contribution is 2.42. The molecule has 2 atom stereocenters. The van der Waals surface area contributed by atoms with Gasteiger partial charge >= 0.3 is 12.1 Å². The molecule has 0 unspecified atom stereocenters. The number of piperazine rings is 1. The SMILES string of the molecule is CCn1c(-c2cc(N3CCN(C4CC4)CC3)cnc2C(C)C)c(CC(C)(C)CO)c2cc(C3=CCCN(C[C@H](NC(=O)OC(C)(C)C)C(=O)N4CCC[C@@H](C(=O)O)N4)C3)ccc21. The lowest BCUT2D eigenvalue weighted by Crippen LogP contribution is -2.62. The molecule has 3 aromatic rings. The number of carbonyl (C=O) groups excluding carboxylic acids is 2. The van der Waals surface area contributed by atoms with Crippen LogP contribution in [-0.4, -0.2) is 135 Å². The third kappa shape index (κ3) is 10.5. The molecule has 7 rings (SSSR count). The van der Waals surface area contributed by atoms with Gasteiger partial charge < -0.3 is 29.7 Å². The normalized spacial score (nSPS) is 20.1. The number of aryl methyl sites for hydroxylation is 1. The second kappa shape index (κ2) is 18.7. The van der Waals surface area contributed by atoms with Gasteiger partial charge in [0.05, 0.1) is 23.3 Å². The lowest BCUT2D eigenvalue weighted by molar-refractivity contribution is -0.148. The molecule has 14 heteroatoms. The molecule has 62 heavy (non-hydrogen) atoms. The Hall–Kier alpha value is -4.50. The number of alkyl carbamates (subject to hydrolysis) is 1. The second-order valence-corrected chi connectivity index (χ2v) is 19.9. The monoisotopic (exact) mass is 855 g/mol. The third-order valence-corrected chi connectivity index (χ3v) is 12.8. The summed E-state index contributed by atoms with van der Waals surface area (Å²) in [5, 5.41) is 25.7. The van der Waals surface area contributed by atoms with Crippen molar-refractivity contribution in [3.8, 4) is 11.3 Å². The van der Waals surface area contributed by atoms with Crippen LogP contribution in [0.3, 0.4) is 0 Å².